The first-order valence-corrected chi connectivity index (χ1v) is 8.49. The van der Waals surface area contributed by atoms with Crippen molar-refractivity contribution in [1.82, 2.24) is 14.8 Å². The second kappa shape index (κ2) is 5.99. The number of benzene rings is 3. The van der Waals surface area contributed by atoms with E-state index in [0.717, 1.165) is 33.2 Å². The quantitative estimate of drug-likeness (QED) is 0.416. The number of halogens is 2. The third-order valence-electron chi connectivity index (χ3n) is 4.59. The molecule has 5 aromatic rings. The smallest absolute Gasteiger partial charge is 0.125 e. The summed E-state index contributed by atoms with van der Waals surface area (Å²) < 4.78 is 28.8. The van der Waals surface area contributed by atoms with Crippen LogP contribution in [0.15, 0.2) is 79.0 Å². The van der Waals surface area contributed by atoms with Crippen LogP contribution in [0.2, 0.25) is 0 Å². The average Bonchev–Trinajstić information content (AvgIpc) is 3.09. The summed E-state index contributed by atoms with van der Waals surface area (Å²) in [6, 6.07) is 20.4. The molecule has 2 heterocycles. The Hall–Kier alpha value is -3.60. The van der Waals surface area contributed by atoms with Gasteiger partial charge < -0.3 is 0 Å². The van der Waals surface area contributed by atoms with Crippen LogP contribution in [0.1, 0.15) is 0 Å². The highest BCUT2D eigenvalue weighted by Gasteiger charge is 2.17. The lowest BCUT2D eigenvalue weighted by atomic mass is 10.1. The van der Waals surface area contributed by atoms with Crippen LogP contribution in [0.25, 0.3) is 38.8 Å². The van der Waals surface area contributed by atoms with Gasteiger partial charge in [0.25, 0.3) is 0 Å². The number of pyridine rings is 1. The van der Waals surface area contributed by atoms with Gasteiger partial charge in [0.1, 0.15) is 17.3 Å². The lowest BCUT2D eigenvalue weighted by Gasteiger charge is -2.06. The summed E-state index contributed by atoms with van der Waals surface area (Å²) in [6.07, 6.45) is 1.71. The van der Waals surface area contributed by atoms with Gasteiger partial charge in [0.2, 0.25) is 0 Å². The van der Waals surface area contributed by atoms with Crippen molar-refractivity contribution in [3.05, 3.63) is 90.6 Å². The molecule has 0 bridgehead atoms. The van der Waals surface area contributed by atoms with Crippen molar-refractivity contribution in [2.24, 2.45) is 0 Å². The van der Waals surface area contributed by atoms with Gasteiger partial charge in [0.05, 0.1) is 16.7 Å². The molecule has 5 rings (SSSR count). The molecule has 2 aromatic heterocycles. The maximum Gasteiger partial charge on any atom is 0.125 e. The highest BCUT2D eigenvalue weighted by Crippen LogP contribution is 2.33. The standard InChI is InChI=1S/C22H13F2N3/c23-15-6-9-17(10-7-15)27-22-18-11-8-16(24)12-20(18)25-13-19(22)21(26-27)14-4-2-1-3-5-14/h1-13H. The maximum absolute atomic E-state index is 13.7. The number of rotatable bonds is 2. The molecule has 0 saturated heterocycles. The predicted molar refractivity (Wildman–Crippen MR) is 102 cm³/mol. The molecule has 0 fully saturated rings. The van der Waals surface area contributed by atoms with Crippen molar-refractivity contribution < 1.29 is 8.78 Å². The van der Waals surface area contributed by atoms with Gasteiger partial charge >= 0.3 is 0 Å². The molecular formula is C22H13F2N3. The Balaban J connectivity index is 1.90. The highest BCUT2D eigenvalue weighted by molar-refractivity contribution is 6.08. The number of aromatic nitrogens is 3. The van der Waals surface area contributed by atoms with Gasteiger partial charge in [-0.05, 0) is 36.4 Å². The summed E-state index contributed by atoms with van der Waals surface area (Å²) in [4.78, 5) is 4.42. The molecule has 0 saturated carbocycles. The zero-order valence-corrected chi connectivity index (χ0v) is 14.1. The molecule has 3 nitrogen and oxygen atoms in total. The first-order valence-electron chi connectivity index (χ1n) is 8.49. The summed E-state index contributed by atoms with van der Waals surface area (Å²) >= 11 is 0. The van der Waals surface area contributed by atoms with Gasteiger partial charge in [-0.15, -0.1) is 0 Å². The minimum Gasteiger partial charge on any atom is -0.255 e. The molecule has 0 atom stereocenters. The Labute approximate surface area is 153 Å². The number of hydrogen-bond acceptors (Lipinski definition) is 2. The van der Waals surface area contributed by atoms with E-state index in [0.29, 0.717) is 5.52 Å². The van der Waals surface area contributed by atoms with E-state index in [4.69, 9.17) is 5.10 Å². The molecule has 0 amide bonds. The summed E-state index contributed by atoms with van der Waals surface area (Å²) in [5, 5.41) is 6.43. The normalized spacial score (nSPS) is 11.3. The lowest BCUT2D eigenvalue weighted by Crippen LogP contribution is -1.97. The molecular weight excluding hydrogens is 344 g/mol. The van der Waals surface area contributed by atoms with Gasteiger partial charge in [-0.3, -0.25) is 4.98 Å². The Bertz CT molecular complexity index is 1280. The van der Waals surface area contributed by atoms with Crippen LogP contribution in [0.4, 0.5) is 8.78 Å². The van der Waals surface area contributed by atoms with Crippen molar-refractivity contribution in [2.45, 2.75) is 0 Å². The van der Waals surface area contributed by atoms with Gasteiger partial charge in [-0.1, -0.05) is 30.3 Å². The van der Waals surface area contributed by atoms with Crippen molar-refractivity contribution in [1.29, 1.82) is 0 Å². The third-order valence-corrected chi connectivity index (χ3v) is 4.59. The van der Waals surface area contributed by atoms with E-state index in [1.54, 1.807) is 29.1 Å². The molecule has 0 spiro atoms. The largest absolute Gasteiger partial charge is 0.255 e. The molecule has 0 unspecified atom stereocenters. The predicted octanol–water partition coefficient (Wildman–Crippen LogP) is 5.52. The number of nitrogens with zero attached hydrogens (tertiary/aromatic N) is 3. The van der Waals surface area contributed by atoms with Crippen LogP contribution < -0.4 is 0 Å². The molecule has 0 aliphatic carbocycles. The molecule has 0 aliphatic rings. The summed E-state index contributed by atoms with van der Waals surface area (Å²) in [5.41, 5.74) is 3.80. The van der Waals surface area contributed by atoms with Gasteiger partial charge in [-0.25, -0.2) is 13.5 Å². The molecule has 3 aromatic carbocycles. The van der Waals surface area contributed by atoms with E-state index in [1.807, 2.05) is 30.3 Å². The fraction of sp³-hybridized carbons (Fsp3) is 0. The van der Waals surface area contributed by atoms with Gasteiger partial charge in [-0.2, -0.15) is 5.10 Å². The first kappa shape index (κ1) is 15.6. The monoisotopic (exact) mass is 357 g/mol. The third kappa shape index (κ3) is 2.56. The molecule has 0 N–H and O–H groups in total. The van der Waals surface area contributed by atoms with Crippen molar-refractivity contribution in [2.75, 3.05) is 0 Å². The highest BCUT2D eigenvalue weighted by atomic mass is 19.1. The Morgan fingerprint density at radius 3 is 2.26 bits per heavy atom. The topological polar surface area (TPSA) is 30.7 Å². The van der Waals surface area contributed by atoms with Crippen LogP contribution in [0.5, 0.6) is 0 Å². The molecule has 0 radical (unpaired) electrons. The zero-order valence-electron chi connectivity index (χ0n) is 14.1. The van der Waals surface area contributed by atoms with E-state index in [2.05, 4.69) is 4.98 Å². The van der Waals surface area contributed by atoms with Crippen molar-refractivity contribution in [3.8, 4) is 16.9 Å². The molecule has 130 valence electrons. The van der Waals surface area contributed by atoms with Crippen LogP contribution >= 0.6 is 0 Å². The van der Waals surface area contributed by atoms with Crippen LogP contribution in [-0.2, 0) is 0 Å². The summed E-state index contributed by atoms with van der Waals surface area (Å²) in [6.45, 7) is 0. The number of fused-ring (bicyclic) bond motifs is 3. The zero-order chi connectivity index (χ0) is 18.4. The fourth-order valence-corrected chi connectivity index (χ4v) is 3.34. The van der Waals surface area contributed by atoms with Crippen LogP contribution in [0.3, 0.4) is 0 Å². The summed E-state index contributed by atoms with van der Waals surface area (Å²) in [7, 11) is 0. The summed E-state index contributed by atoms with van der Waals surface area (Å²) in [5.74, 6) is -0.655. The second-order valence-electron chi connectivity index (χ2n) is 6.28. The van der Waals surface area contributed by atoms with E-state index >= 15 is 0 Å². The fourth-order valence-electron chi connectivity index (χ4n) is 3.34. The molecule has 0 aliphatic heterocycles. The SMILES string of the molecule is Fc1ccc(-n2nc(-c3ccccc3)c3cnc4cc(F)ccc4c32)cc1. The van der Waals surface area contributed by atoms with Crippen molar-refractivity contribution in [3.63, 3.8) is 0 Å². The molecule has 27 heavy (non-hydrogen) atoms. The minimum atomic E-state index is -0.342. The van der Waals surface area contributed by atoms with Crippen molar-refractivity contribution >= 4 is 21.8 Å². The lowest BCUT2D eigenvalue weighted by molar-refractivity contribution is 0.627. The van der Waals surface area contributed by atoms with E-state index < -0.39 is 0 Å². The van der Waals surface area contributed by atoms with E-state index in [-0.39, 0.29) is 11.6 Å². The van der Waals surface area contributed by atoms with E-state index in [1.165, 1.54) is 24.3 Å². The van der Waals surface area contributed by atoms with Gasteiger partial charge in [0, 0.05) is 28.6 Å². The molecule has 5 heteroatoms. The second-order valence-corrected chi connectivity index (χ2v) is 6.28. The van der Waals surface area contributed by atoms with Gasteiger partial charge in [0.15, 0.2) is 0 Å². The minimum absolute atomic E-state index is 0.313. The number of hydrogen-bond donors (Lipinski definition) is 0. The Kier molecular flexibility index (Phi) is 3.47. The van der Waals surface area contributed by atoms with Crippen LogP contribution in [-0.4, -0.2) is 14.8 Å². The average molecular weight is 357 g/mol. The Morgan fingerprint density at radius 1 is 0.741 bits per heavy atom. The first-order chi connectivity index (χ1) is 13.2. The maximum atomic E-state index is 13.7. The van der Waals surface area contributed by atoms with E-state index in [9.17, 15) is 8.78 Å². The van der Waals surface area contributed by atoms with Crippen LogP contribution in [0, 0.1) is 11.6 Å². The Morgan fingerprint density at radius 2 is 1.48 bits per heavy atom.